The van der Waals surface area contributed by atoms with E-state index in [2.05, 4.69) is 23.8 Å². The SMILES string of the molecule is CC1CCCC(C)N1C(=O)Cc1ccc2[nH]c(=O)[nH]c2c1. The maximum absolute atomic E-state index is 12.6. The fraction of sp³-hybridized carbons (Fsp3) is 0.500. The van der Waals surface area contributed by atoms with Gasteiger partial charge in [0, 0.05) is 12.1 Å². The molecule has 0 aliphatic carbocycles. The Labute approximate surface area is 123 Å². The second-order valence-corrected chi connectivity index (χ2v) is 6.07. The van der Waals surface area contributed by atoms with E-state index in [9.17, 15) is 9.59 Å². The molecule has 1 aliphatic heterocycles. The number of benzene rings is 1. The summed E-state index contributed by atoms with van der Waals surface area (Å²) >= 11 is 0. The van der Waals surface area contributed by atoms with Gasteiger partial charge in [0.25, 0.3) is 0 Å². The van der Waals surface area contributed by atoms with E-state index in [0.717, 1.165) is 29.4 Å². The summed E-state index contributed by atoms with van der Waals surface area (Å²) in [4.78, 5) is 31.3. The Morgan fingerprint density at radius 2 is 1.86 bits per heavy atom. The van der Waals surface area contributed by atoms with Gasteiger partial charge in [0.05, 0.1) is 17.5 Å². The predicted molar refractivity (Wildman–Crippen MR) is 82.2 cm³/mol. The first-order chi connectivity index (χ1) is 10.0. The van der Waals surface area contributed by atoms with Crippen LogP contribution >= 0.6 is 0 Å². The van der Waals surface area contributed by atoms with E-state index >= 15 is 0 Å². The Hall–Kier alpha value is -2.04. The molecule has 112 valence electrons. The Morgan fingerprint density at radius 1 is 1.19 bits per heavy atom. The van der Waals surface area contributed by atoms with Crippen LogP contribution in [0.3, 0.4) is 0 Å². The molecule has 1 aromatic carbocycles. The Kier molecular flexibility index (Phi) is 3.57. The van der Waals surface area contributed by atoms with Gasteiger partial charge in [-0.3, -0.25) is 4.79 Å². The van der Waals surface area contributed by atoms with Gasteiger partial charge in [-0.15, -0.1) is 0 Å². The smallest absolute Gasteiger partial charge is 0.323 e. The van der Waals surface area contributed by atoms with Gasteiger partial charge in [-0.25, -0.2) is 4.79 Å². The van der Waals surface area contributed by atoms with Crippen LogP contribution in [0.25, 0.3) is 11.0 Å². The van der Waals surface area contributed by atoms with Gasteiger partial charge in [-0.1, -0.05) is 6.07 Å². The molecule has 1 amide bonds. The molecule has 2 aromatic rings. The molecule has 3 rings (SSSR count). The van der Waals surface area contributed by atoms with Gasteiger partial charge in [-0.2, -0.15) is 0 Å². The van der Waals surface area contributed by atoms with Crippen LogP contribution in [0.4, 0.5) is 0 Å². The summed E-state index contributed by atoms with van der Waals surface area (Å²) in [5, 5.41) is 0. The average molecular weight is 287 g/mol. The van der Waals surface area contributed by atoms with Crippen LogP contribution < -0.4 is 5.69 Å². The number of aromatic amines is 2. The number of piperidine rings is 1. The minimum Gasteiger partial charge on any atom is -0.337 e. The molecule has 5 nitrogen and oxygen atoms in total. The Morgan fingerprint density at radius 3 is 2.57 bits per heavy atom. The molecule has 2 unspecified atom stereocenters. The first kappa shape index (κ1) is 13.9. The highest BCUT2D eigenvalue weighted by atomic mass is 16.2. The van der Waals surface area contributed by atoms with Crippen molar-refractivity contribution in [2.75, 3.05) is 0 Å². The van der Waals surface area contributed by atoms with E-state index in [1.54, 1.807) is 0 Å². The lowest BCUT2D eigenvalue weighted by Crippen LogP contribution is -2.48. The molecule has 5 heteroatoms. The molecule has 2 N–H and O–H groups in total. The highest BCUT2D eigenvalue weighted by molar-refractivity contribution is 5.82. The van der Waals surface area contributed by atoms with Gasteiger partial charge in [0.2, 0.25) is 5.91 Å². The summed E-state index contributed by atoms with van der Waals surface area (Å²) in [6.45, 7) is 4.25. The van der Waals surface area contributed by atoms with Gasteiger partial charge >= 0.3 is 5.69 Å². The Balaban J connectivity index is 1.80. The monoisotopic (exact) mass is 287 g/mol. The zero-order valence-corrected chi connectivity index (χ0v) is 12.5. The lowest BCUT2D eigenvalue weighted by Gasteiger charge is -2.39. The number of aromatic nitrogens is 2. The van der Waals surface area contributed by atoms with Crippen LogP contribution in [0.2, 0.25) is 0 Å². The Bertz CT molecular complexity index is 706. The van der Waals surface area contributed by atoms with Crippen molar-refractivity contribution in [1.29, 1.82) is 0 Å². The van der Waals surface area contributed by atoms with E-state index in [4.69, 9.17) is 0 Å². The molecule has 1 saturated heterocycles. The largest absolute Gasteiger partial charge is 0.337 e. The third-order valence-electron chi connectivity index (χ3n) is 4.42. The van der Waals surface area contributed by atoms with E-state index in [-0.39, 0.29) is 11.6 Å². The maximum atomic E-state index is 12.6. The highest BCUT2D eigenvalue weighted by Crippen LogP contribution is 2.23. The molecule has 2 heterocycles. The molecule has 0 bridgehead atoms. The lowest BCUT2D eigenvalue weighted by molar-refractivity contribution is -0.136. The molecule has 1 aromatic heterocycles. The topological polar surface area (TPSA) is 69.0 Å². The molecule has 1 aliphatic rings. The fourth-order valence-corrected chi connectivity index (χ4v) is 3.37. The molecule has 2 atom stereocenters. The van der Waals surface area contributed by atoms with Crippen LogP contribution in [0.15, 0.2) is 23.0 Å². The summed E-state index contributed by atoms with van der Waals surface area (Å²) in [6.07, 6.45) is 3.75. The van der Waals surface area contributed by atoms with Crippen molar-refractivity contribution in [2.45, 2.75) is 51.6 Å². The lowest BCUT2D eigenvalue weighted by atomic mass is 9.96. The van der Waals surface area contributed by atoms with Crippen molar-refractivity contribution < 1.29 is 4.79 Å². The van der Waals surface area contributed by atoms with E-state index in [0.29, 0.717) is 18.5 Å². The summed E-state index contributed by atoms with van der Waals surface area (Å²) in [5.74, 6) is 0.173. The third kappa shape index (κ3) is 2.73. The number of H-pyrrole nitrogens is 2. The van der Waals surface area contributed by atoms with Crippen molar-refractivity contribution in [3.63, 3.8) is 0 Å². The van der Waals surface area contributed by atoms with Gasteiger partial charge in [0.15, 0.2) is 0 Å². The summed E-state index contributed by atoms with van der Waals surface area (Å²) in [6, 6.07) is 6.26. The number of fused-ring (bicyclic) bond motifs is 1. The van der Waals surface area contributed by atoms with Gasteiger partial charge in [-0.05, 0) is 50.8 Å². The molecular formula is C16H21N3O2. The zero-order chi connectivity index (χ0) is 15.0. The average Bonchev–Trinajstić information content (AvgIpc) is 2.77. The molecule has 21 heavy (non-hydrogen) atoms. The number of nitrogens with zero attached hydrogens (tertiary/aromatic N) is 1. The quantitative estimate of drug-likeness (QED) is 0.889. The summed E-state index contributed by atoms with van der Waals surface area (Å²) < 4.78 is 0. The molecule has 0 saturated carbocycles. The van der Waals surface area contributed by atoms with Crippen LogP contribution in [0.1, 0.15) is 38.7 Å². The number of carbonyl (C=O) groups excluding carboxylic acids is 1. The second-order valence-electron chi connectivity index (χ2n) is 6.07. The fourth-order valence-electron chi connectivity index (χ4n) is 3.37. The van der Waals surface area contributed by atoms with E-state index in [1.165, 1.54) is 6.42 Å². The molecule has 0 radical (unpaired) electrons. The van der Waals surface area contributed by atoms with Crippen LogP contribution in [0, 0.1) is 0 Å². The highest BCUT2D eigenvalue weighted by Gasteiger charge is 2.28. The third-order valence-corrected chi connectivity index (χ3v) is 4.42. The minimum absolute atomic E-state index is 0.173. The van der Waals surface area contributed by atoms with Gasteiger partial charge in [0.1, 0.15) is 0 Å². The number of hydrogen-bond acceptors (Lipinski definition) is 2. The van der Waals surface area contributed by atoms with E-state index < -0.39 is 0 Å². The number of imidazole rings is 1. The van der Waals surface area contributed by atoms with Gasteiger partial charge < -0.3 is 14.9 Å². The van der Waals surface area contributed by atoms with Crippen molar-refractivity contribution in [3.8, 4) is 0 Å². The van der Waals surface area contributed by atoms with Crippen LogP contribution in [-0.2, 0) is 11.2 Å². The number of likely N-dealkylation sites (tertiary alicyclic amines) is 1. The van der Waals surface area contributed by atoms with Crippen molar-refractivity contribution >= 4 is 16.9 Å². The van der Waals surface area contributed by atoms with Crippen molar-refractivity contribution in [3.05, 3.63) is 34.2 Å². The van der Waals surface area contributed by atoms with Crippen LogP contribution in [0.5, 0.6) is 0 Å². The minimum atomic E-state index is -0.216. The van der Waals surface area contributed by atoms with Crippen molar-refractivity contribution in [1.82, 2.24) is 14.9 Å². The first-order valence-corrected chi connectivity index (χ1v) is 7.56. The normalized spacial score (nSPS) is 22.7. The predicted octanol–water partition coefficient (Wildman–Crippen LogP) is 2.19. The first-order valence-electron chi connectivity index (χ1n) is 7.56. The molecule has 1 fully saturated rings. The summed E-state index contributed by atoms with van der Waals surface area (Å²) in [7, 11) is 0. The van der Waals surface area contributed by atoms with E-state index in [1.807, 2.05) is 23.1 Å². The molecular weight excluding hydrogens is 266 g/mol. The number of hydrogen-bond donors (Lipinski definition) is 2. The van der Waals surface area contributed by atoms with Crippen LogP contribution in [-0.4, -0.2) is 32.9 Å². The molecule has 0 spiro atoms. The zero-order valence-electron chi connectivity index (χ0n) is 12.5. The summed E-state index contributed by atoms with van der Waals surface area (Å²) in [5.41, 5.74) is 2.25. The number of nitrogens with one attached hydrogen (secondary N) is 2. The number of carbonyl (C=O) groups is 1. The van der Waals surface area contributed by atoms with Crippen molar-refractivity contribution in [2.24, 2.45) is 0 Å². The number of amides is 1. The maximum Gasteiger partial charge on any atom is 0.323 e. The standard InChI is InChI=1S/C16H21N3O2/c1-10-4-3-5-11(2)19(10)15(20)9-12-6-7-13-14(8-12)18-16(21)17-13/h6-8,10-11H,3-5,9H2,1-2H3,(H2,17,18,21). The number of rotatable bonds is 2. The second kappa shape index (κ2) is 5.39.